The van der Waals surface area contributed by atoms with Crippen LogP contribution in [0.3, 0.4) is 0 Å². The molecule has 116 valence electrons. The first-order valence-electron chi connectivity index (χ1n) is 7.71. The van der Waals surface area contributed by atoms with Gasteiger partial charge in [-0.15, -0.1) is 0 Å². The van der Waals surface area contributed by atoms with E-state index in [2.05, 4.69) is 9.55 Å². The summed E-state index contributed by atoms with van der Waals surface area (Å²) in [6.45, 7) is 3.57. The minimum Gasteiger partial charge on any atom is -0.388 e. The molecule has 0 radical (unpaired) electrons. The molecular formula is C15H23N3O3. The second-order valence-electron chi connectivity index (χ2n) is 5.98. The molecule has 21 heavy (non-hydrogen) atoms. The first-order chi connectivity index (χ1) is 10.2. The summed E-state index contributed by atoms with van der Waals surface area (Å²) in [4.78, 5) is 18.6. The average molecular weight is 293 g/mol. The molecule has 6 nitrogen and oxygen atoms in total. The van der Waals surface area contributed by atoms with E-state index < -0.39 is 6.10 Å². The lowest BCUT2D eigenvalue weighted by Gasteiger charge is -2.30. The summed E-state index contributed by atoms with van der Waals surface area (Å²) in [6, 6.07) is 0.161. The SMILES string of the molecule is Cc1nccn1CCCC(=O)N(C1CC1)[C@@H]1COC[C@H]1O. The highest BCUT2D eigenvalue weighted by molar-refractivity contribution is 5.77. The van der Waals surface area contributed by atoms with E-state index in [-0.39, 0.29) is 11.9 Å². The molecule has 1 aliphatic carbocycles. The number of nitrogens with zero attached hydrogens (tertiary/aromatic N) is 3. The van der Waals surface area contributed by atoms with Crippen molar-refractivity contribution in [3.05, 3.63) is 18.2 Å². The number of aliphatic hydroxyl groups excluding tert-OH is 1. The lowest BCUT2D eigenvalue weighted by atomic mass is 10.1. The zero-order chi connectivity index (χ0) is 14.8. The summed E-state index contributed by atoms with van der Waals surface area (Å²) < 4.78 is 7.36. The van der Waals surface area contributed by atoms with Crippen LogP contribution in [0.1, 0.15) is 31.5 Å². The molecule has 0 bridgehead atoms. The van der Waals surface area contributed by atoms with Gasteiger partial charge in [0.15, 0.2) is 0 Å². The molecule has 1 N–H and O–H groups in total. The van der Waals surface area contributed by atoms with Crippen LogP contribution >= 0.6 is 0 Å². The van der Waals surface area contributed by atoms with E-state index in [0.29, 0.717) is 25.7 Å². The molecule has 2 fully saturated rings. The summed E-state index contributed by atoms with van der Waals surface area (Å²) in [7, 11) is 0. The Balaban J connectivity index is 1.54. The Bertz CT molecular complexity index is 498. The van der Waals surface area contributed by atoms with Gasteiger partial charge >= 0.3 is 0 Å². The Hall–Kier alpha value is -1.40. The molecule has 1 saturated heterocycles. The number of carbonyl (C=O) groups is 1. The number of carbonyl (C=O) groups excluding carboxylic acids is 1. The van der Waals surface area contributed by atoms with Gasteiger partial charge in [-0.05, 0) is 26.2 Å². The average Bonchev–Trinajstić information content (AvgIpc) is 3.08. The maximum Gasteiger partial charge on any atom is 0.223 e. The van der Waals surface area contributed by atoms with Crippen molar-refractivity contribution in [2.45, 2.75) is 57.3 Å². The number of hydrogen-bond acceptors (Lipinski definition) is 4. The fourth-order valence-corrected chi connectivity index (χ4v) is 2.98. The van der Waals surface area contributed by atoms with Gasteiger partial charge in [0, 0.05) is 31.4 Å². The topological polar surface area (TPSA) is 67.6 Å². The van der Waals surface area contributed by atoms with Crippen LogP contribution in [-0.4, -0.2) is 56.9 Å². The zero-order valence-electron chi connectivity index (χ0n) is 12.4. The lowest BCUT2D eigenvalue weighted by molar-refractivity contribution is -0.136. The van der Waals surface area contributed by atoms with E-state index in [1.54, 1.807) is 6.20 Å². The molecule has 1 saturated carbocycles. The van der Waals surface area contributed by atoms with Crippen molar-refractivity contribution >= 4 is 5.91 Å². The van der Waals surface area contributed by atoms with Crippen molar-refractivity contribution in [2.24, 2.45) is 0 Å². The van der Waals surface area contributed by atoms with Gasteiger partial charge in [-0.3, -0.25) is 4.79 Å². The number of ether oxygens (including phenoxy) is 1. The maximum atomic E-state index is 12.5. The van der Waals surface area contributed by atoms with E-state index in [4.69, 9.17) is 4.74 Å². The third-order valence-electron chi connectivity index (χ3n) is 4.32. The number of rotatable bonds is 6. The van der Waals surface area contributed by atoms with Crippen molar-refractivity contribution in [2.75, 3.05) is 13.2 Å². The van der Waals surface area contributed by atoms with Crippen LogP contribution in [0.2, 0.25) is 0 Å². The van der Waals surface area contributed by atoms with Crippen LogP contribution < -0.4 is 0 Å². The number of aliphatic hydroxyl groups is 1. The molecule has 6 heteroatoms. The fourth-order valence-electron chi connectivity index (χ4n) is 2.98. The quantitative estimate of drug-likeness (QED) is 0.839. The molecule has 0 unspecified atom stereocenters. The molecule has 1 aromatic rings. The summed E-state index contributed by atoms with van der Waals surface area (Å²) in [5.41, 5.74) is 0. The largest absolute Gasteiger partial charge is 0.388 e. The molecule has 2 heterocycles. The molecular weight excluding hydrogens is 270 g/mol. The van der Waals surface area contributed by atoms with Crippen molar-refractivity contribution in [1.29, 1.82) is 0 Å². The Morgan fingerprint density at radius 2 is 2.33 bits per heavy atom. The van der Waals surface area contributed by atoms with Crippen molar-refractivity contribution in [3.8, 4) is 0 Å². The predicted molar refractivity (Wildman–Crippen MR) is 76.7 cm³/mol. The van der Waals surface area contributed by atoms with E-state index in [9.17, 15) is 9.90 Å². The highest BCUT2D eigenvalue weighted by Gasteiger charge is 2.42. The van der Waals surface area contributed by atoms with E-state index in [0.717, 1.165) is 31.6 Å². The van der Waals surface area contributed by atoms with Crippen molar-refractivity contribution < 1.29 is 14.6 Å². The van der Waals surface area contributed by atoms with Crippen LogP contribution in [0.15, 0.2) is 12.4 Å². The monoisotopic (exact) mass is 293 g/mol. The highest BCUT2D eigenvalue weighted by Crippen LogP contribution is 2.32. The molecule has 1 amide bonds. The van der Waals surface area contributed by atoms with Gasteiger partial charge in [0.1, 0.15) is 5.82 Å². The molecule has 3 rings (SSSR count). The van der Waals surface area contributed by atoms with Crippen molar-refractivity contribution in [1.82, 2.24) is 14.5 Å². The van der Waals surface area contributed by atoms with Gasteiger partial charge in [0.05, 0.1) is 25.4 Å². The van der Waals surface area contributed by atoms with Gasteiger partial charge in [-0.25, -0.2) is 4.98 Å². The van der Waals surface area contributed by atoms with Crippen LogP contribution in [0.25, 0.3) is 0 Å². The smallest absolute Gasteiger partial charge is 0.223 e. The Labute approximate surface area is 124 Å². The molecule has 1 aliphatic heterocycles. The minimum absolute atomic E-state index is 0.143. The fraction of sp³-hybridized carbons (Fsp3) is 0.733. The van der Waals surface area contributed by atoms with E-state index in [1.807, 2.05) is 18.0 Å². The zero-order valence-corrected chi connectivity index (χ0v) is 12.4. The Kier molecular flexibility index (Phi) is 4.26. The summed E-state index contributed by atoms with van der Waals surface area (Å²) in [5.74, 6) is 1.12. The van der Waals surface area contributed by atoms with Crippen molar-refractivity contribution in [3.63, 3.8) is 0 Å². The molecule has 2 atom stereocenters. The Morgan fingerprint density at radius 3 is 2.90 bits per heavy atom. The van der Waals surface area contributed by atoms with Gasteiger partial charge in [0.2, 0.25) is 5.91 Å². The normalized spacial score (nSPS) is 25.2. The van der Waals surface area contributed by atoms with Gasteiger partial charge in [0.25, 0.3) is 0 Å². The van der Waals surface area contributed by atoms with E-state index >= 15 is 0 Å². The third kappa shape index (κ3) is 3.27. The van der Waals surface area contributed by atoms with Crippen LogP contribution in [0.4, 0.5) is 0 Å². The predicted octanol–water partition coefficient (Wildman–Crippen LogP) is 0.722. The maximum absolute atomic E-state index is 12.5. The standard InChI is InChI=1S/C15H23N3O3/c1-11-16-6-8-17(11)7-2-3-15(20)18(12-4-5-12)13-9-21-10-14(13)19/h6,8,12-14,19H,2-5,7,9-10H2,1H3/t13-,14-/m1/s1. The number of amides is 1. The van der Waals surface area contributed by atoms with Gasteiger partial charge < -0.3 is 19.3 Å². The Morgan fingerprint density at radius 1 is 1.52 bits per heavy atom. The van der Waals surface area contributed by atoms with Crippen LogP contribution in [0, 0.1) is 6.92 Å². The molecule has 0 spiro atoms. The third-order valence-corrected chi connectivity index (χ3v) is 4.32. The second kappa shape index (κ2) is 6.15. The lowest BCUT2D eigenvalue weighted by Crippen LogP contribution is -2.47. The molecule has 1 aromatic heterocycles. The van der Waals surface area contributed by atoms with Crippen LogP contribution in [0.5, 0.6) is 0 Å². The summed E-state index contributed by atoms with van der Waals surface area (Å²) in [6.07, 6.45) is 6.59. The molecule has 0 aromatic carbocycles. The minimum atomic E-state index is -0.537. The number of aromatic nitrogens is 2. The van der Waals surface area contributed by atoms with Gasteiger partial charge in [-0.1, -0.05) is 0 Å². The van der Waals surface area contributed by atoms with Gasteiger partial charge in [-0.2, -0.15) is 0 Å². The first-order valence-corrected chi connectivity index (χ1v) is 7.71. The summed E-state index contributed by atoms with van der Waals surface area (Å²) >= 11 is 0. The number of aryl methyl sites for hydroxylation is 2. The summed E-state index contributed by atoms with van der Waals surface area (Å²) in [5, 5.41) is 9.97. The first kappa shape index (κ1) is 14.5. The van der Waals surface area contributed by atoms with E-state index in [1.165, 1.54) is 0 Å². The highest BCUT2D eigenvalue weighted by atomic mass is 16.5. The van der Waals surface area contributed by atoms with Crippen LogP contribution in [-0.2, 0) is 16.1 Å². The second-order valence-corrected chi connectivity index (χ2v) is 5.98. The molecule has 2 aliphatic rings. The number of imidazole rings is 1. The number of hydrogen-bond donors (Lipinski definition) is 1.